The van der Waals surface area contributed by atoms with Crippen LogP contribution >= 0.6 is 0 Å². The minimum atomic E-state index is -0.0960. The second kappa shape index (κ2) is 7.25. The monoisotopic (exact) mass is 349 g/mol. The molecular weight excluding hydrogens is 326 g/mol. The number of carbonyl (C=O) groups is 1. The van der Waals surface area contributed by atoms with Gasteiger partial charge in [-0.3, -0.25) is 14.1 Å². The van der Waals surface area contributed by atoms with Crippen LogP contribution in [0.4, 0.5) is 0 Å². The zero-order valence-electron chi connectivity index (χ0n) is 14.9. The van der Waals surface area contributed by atoms with E-state index in [-0.39, 0.29) is 11.9 Å². The van der Waals surface area contributed by atoms with E-state index in [2.05, 4.69) is 51.4 Å². The van der Waals surface area contributed by atoms with Crippen LogP contribution in [0.1, 0.15) is 36.2 Å². The summed E-state index contributed by atoms with van der Waals surface area (Å²) in [6, 6.07) is 10.2. The molecular formula is C20H23N5O. The fraction of sp³-hybridized carbons (Fsp3) is 0.350. The Balaban J connectivity index is 1.40. The minimum Gasteiger partial charge on any atom is -0.347 e. The van der Waals surface area contributed by atoms with Crippen molar-refractivity contribution in [2.45, 2.75) is 32.4 Å². The molecule has 6 heteroatoms. The van der Waals surface area contributed by atoms with Gasteiger partial charge < -0.3 is 5.32 Å². The number of hydrogen-bond donors (Lipinski definition) is 1. The lowest BCUT2D eigenvalue weighted by molar-refractivity contribution is -0.123. The van der Waals surface area contributed by atoms with Gasteiger partial charge in [-0.05, 0) is 30.0 Å². The van der Waals surface area contributed by atoms with Gasteiger partial charge >= 0.3 is 0 Å². The summed E-state index contributed by atoms with van der Waals surface area (Å²) >= 11 is 0. The molecule has 0 spiro atoms. The lowest BCUT2D eigenvalue weighted by Gasteiger charge is -2.28. The van der Waals surface area contributed by atoms with E-state index in [0.29, 0.717) is 12.3 Å². The Morgan fingerprint density at radius 2 is 2.12 bits per heavy atom. The number of aromatic nitrogens is 3. The highest BCUT2D eigenvalue weighted by atomic mass is 16.2. The average molecular weight is 349 g/mol. The molecule has 0 saturated heterocycles. The van der Waals surface area contributed by atoms with Gasteiger partial charge in [-0.1, -0.05) is 31.2 Å². The molecule has 2 aromatic heterocycles. The normalized spacial score (nSPS) is 15.6. The van der Waals surface area contributed by atoms with Crippen molar-refractivity contribution in [2.75, 3.05) is 13.1 Å². The summed E-state index contributed by atoms with van der Waals surface area (Å²) in [7, 11) is 0. The second-order valence-corrected chi connectivity index (χ2v) is 6.75. The Hall–Kier alpha value is -2.73. The van der Waals surface area contributed by atoms with Gasteiger partial charge in [0.2, 0.25) is 11.7 Å². The first kappa shape index (κ1) is 16.7. The topological polar surface area (TPSA) is 62.5 Å². The summed E-state index contributed by atoms with van der Waals surface area (Å²) in [5.74, 6) is 0.698. The molecule has 0 fully saturated rings. The molecule has 3 heterocycles. The Bertz CT molecular complexity index is 886. The van der Waals surface area contributed by atoms with Crippen molar-refractivity contribution in [2.24, 2.45) is 0 Å². The zero-order chi connectivity index (χ0) is 17.9. The van der Waals surface area contributed by atoms with Crippen molar-refractivity contribution >= 4 is 11.7 Å². The quantitative estimate of drug-likeness (QED) is 0.768. The van der Waals surface area contributed by atoms with Crippen molar-refractivity contribution in [3.8, 4) is 0 Å². The third-order valence-corrected chi connectivity index (χ3v) is 4.93. The SMILES string of the molecule is CC[C@@H](NC(=O)CN1CCc2ccccc2C1)c1cn2cccnc2n1. The van der Waals surface area contributed by atoms with Crippen molar-refractivity contribution < 1.29 is 4.79 Å². The highest BCUT2D eigenvalue weighted by Crippen LogP contribution is 2.19. The lowest BCUT2D eigenvalue weighted by Crippen LogP contribution is -2.41. The van der Waals surface area contributed by atoms with Crippen LogP contribution in [0.2, 0.25) is 0 Å². The first-order valence-electron chi connectivity index (χ1n) is 9.11. The predicted octanol–water partition coefficient (Wildman–Crippen LogP) is 2.35. The van der Waals surface area contributed by atoms with Crippen LogP contribution in [-0.4, -0.2) is 38.3 Å². The summed E-state index contributed by atoms with van der Waals surface area (Å²) in [6.45, 7) is 4.22. The van der Waals surface area contributed by atoms with Gasteiger partial charge in [0.25, 0.3) is 0 Å². The van der Waals surface area contributed by atoms with E-state index in [0.717, 1.165) is 31.6 Å². The first-order valence-corrected chi connectivity index (χ1v) is 9.11. The van der Waals surface area contributed by atoms with Crippen LogP contribution in [0.15, 0.2) is 48.9 Å². The van der Waals surface area contributed by atoms with Crippen LogP contribution in [0.5, 0.6) is 0 Å². The number of nitrogens with one attached hydrogen (secondary N) is 1. The molecule has 0 unspecified atom stereocenters. The van der Waals surface area contributed by atoms with Gasteiger partial charge in [0.1, 0.15) is 0 Å². The zero-order valence-corrected chi connectivity index (χ0v) is 14.9. The molecule has 1 aliphatic rings. The maximum Gasteiger partial charge on any atom is 0.234 e. The molecule has 0 radical (unpaired) electrons. The van der Waals surface area contributed by atoms with Crippen LogP contribution in [0.3, 0.4) is 0 Å². The molecule has 0 saturated carbocycles. The summed E-state index contributed by atoms with van der Waals surface area (Å²) in [5, 5.41) is 3.13. The molecule has 1 aromatic carbocycles. The lowest BCUT2D eigenvalue weighted by atomic mass is 10.00. The van der Waals surface area contributed by atoms with Gasteiger partial charge in [0.05, 0.1) is 18.3 Å². The van der Waals surface area contributed by atoms with E-state index < -0.39 is 0 Å². The molecule has 0 bridgehead atoms. The molecule has 1 amide bonds. The van der Waals surface area contributed by atoms with Crippen LogP contribution in [-0.2, 0) is 17.8 Å². The Morgan fingerprint density at radius 1 is 1.27 bits per heavy atom. The molecule has 1 aliphatic heterocycles. The van der Waals surface area contributed by atoms with E-state index in [1.54, 1.807) is 6.20 Å². The highest BCUT2D eigenvalue weighted by Gasteiger charge is 2.21. The predicted molar refractivity (Wildman–Crippen MR) is 99.6 cm³/mol. The van der Waals surface area contributed by atoms with Gasteiger partial charge in [0.15, 0.2) is 0 Å². The van der Waals surface area contributed by atoms with Crippen molar-refractivity contribution in [1.82, 2.24) is 24.6 Å². The molecule has 1 N–H and O–H groups in total. The number of benzene rings is 1. The molecule has 4 rings (SSSR count). The second-order valence-electron chi connectivity index (χ2n) is 6.75. The fourth-order valence-electron chi connectivity index (χ4n) is 3.53. The van der Waals surface area contributed by atoms with Crippen LogP contribution < -0.4 is 5.32 Å². The maximum atomic E-state index is 12.6. The van der Waals surface area contributed by atoms with E-state index >= 15 is 0 Å². The van der Waals surface area contributed by atoms with Crippen molar-refractivity contribution in [3.63, 3.8) is 0 Å². The van der Waals surface area contributed by atoms with E-state index in [9.17, 15) is 4.79 Å². The Kier molecular flexibility index (Phi) is 4.67. The van der Waals surface area contributed by atoms with Gasteiger partial charge in [-0.2, -0.15) is 0 Å². The standard InChI is InChI=1S/C20H23N5O/c1-2-17(18-13-25-10-5-9-21-20(25)23-18)22-19(26)14-24-11-8-15-6-3-4-7-16(15)12-24/h3-7,9-10,13,17H,2,8,11-12,14H2,1H3,(H,22,26)/t17-/m1/s1. The smallest absolute Gasteiger partial charge is 0.234 e. The third-order valence-electron chi connectivity index (χ3n) is 4.93. The molecule has 134 valence electrons. The highest BCUT2D eigenvalue weighted by molar-refractivity contribution is 5.78. The van der Waals surface area contributed by atoms with E-state index in [1.807, 2.05) is 22.9 Å². The van der Waals surface area contributed by atoms with Crippen LogP contribution in [0.25, 0.3) is 5.78 Å². The summed E-state index contributed by atoms with van der Waals surface area (Å²) in [5.41, 5.74) is 3.57. The van der Waals surface area contributed by atoms with Gasteiger partial charge in [0, 0.05) is 31.7 Å². The number of rotatable bonds is 5. The Labute approximate surface area is 152 Å². The Morgan fingerprint density at radius 3 is 2.92 bits per heavy atom. The maximum absolute atomic E-state index is 12.6. The number of fused-ring (bicyclic) bond motifs is 2. The fourth-order valence-corrected chi connectivity index (χ4v) is 3.53. The largest absolute Gasteiger partial charge is 0.347 e. The van der Waals surface area contributed by atoms with E-state index in [1.165, 1.54) is 11.1 Å². The number of hydrogen-bond acceptors (Lipinski definition) is 4. The van der Waals surface area contributed by atoms with E-state index in [4.69, 9.17) is 0 Å². The summed E-state index contributed by atoms with van der Waals surface area (Å²) < 4.78 is 1.88. The van der Waals surface area contributed by atoms with Gasteiger partial charge in [-0.15, -0.1) is 0 Å². The average Bonchev–Trinajstić information content (AvgIpc) is 3.10. The summed E-state index contributed by atoms with van der Waals surface area (Å²) in [6.07, 6.45) is 7.36. The molecule has 6 nitrogen and oxygen atoms in total. The summed E-state index contributed by atoms with van der Waals surface area (Å²) in [4.78, 5) is 23.6. The van der Waals surface area contributed by atoms with Gasteiger partial charge in [-0.25, -0.2) is 9.97 Å². The van der Waals surface area contributed by atoms with Crippen molar-refractivity contribution in [1.29, 1.82) is 0 Å². The van der Waals surface area contributed by atoms with Crippen LogP contribution in [0, 0.1) is 0 Å². The number of nitrogens with zero attached hydrogens (tertiary/aromatic N) is 4. The molecule has 0 aliphatic carbocycles. The molecule has 26 heavy (non-hydrogen) atoms. The minimum absolute atomic E-state index is 0.0428. The molecule has 1 atom stereocenters. The number of imidazole rings is 1. The molecule has 3 aromatic rings. The first-order chi connectivity index (χ1) is 12.7. The third kappa shape index (κ3) is 3.46. The van der Waals surface area contributed by atoms with Crippen molar-refractivity contribution in [3.05, 3.63) is 65.7 Å². The number of carbonyl (C=O) groups excluding carboxylic acids is 1. The number of amides is 1.